The van der Waals surface area contributed by atoms with Gasteiger partial charge in [-0.05, 0) is 23.3 Å². The number of carbonyl (C=O) groups excluding carboxylic acids is 1. The van der Waals surface area contributed by atoms with Crippen LogP contribution < -0.4 is 10.6 Å². The molecule has 2 rings (SSSR count). The lowest BCUT2D eigenvalue weighted by molar-refractivity contribution is 0.0937. The van der Waals surface area contributed by atoms with Gasteiger partial charge in [-0.1, -0.05) is 6.07 Å². The number of amides is 1. The maximum Gasteiger partial charge on any atom is 0.251 e. The topological polar surface area (TPSA) is 50.4 Å². The zero-order valence-corrected chi connectivity index (χ0v) is 10.6. The van der Waals surface area contributed by atoms with E-state index < -0.39 is 0 Å². The van der Waals surface area contributed by atoms with Crippen molar-refractivity contribution in [3.05, 3.63) is 34.9 Å². The van der Waals surface area contributed by atoms with E-state index in [0.717, 1.165) is 18.7 Å². The highest BCUT2D eigenvalue weighted by Crippen LogP contribution is 2.16. The van der Waals surface area contributed by atoms with Gasteiger partial charge in [-0.2, -0.15) is 0 Å². The fourth-order valence-electron chi connectivity index (χ4n) is 1.80. The monoisotopic (exact) mass is 256 g/mol. The van der Waals surface area contributed by atoms with Crippen molar-refractivity contribution in [2.75, 3.05) is 20.3 Å². The zero-order chi connectivity index (χ0) is 11.4. The van der Waals surface area contributed by atoms with Crippen LogP contribution in [0.5, 0.6) is 0 Å². The minimum atomic E-state index is -0.0354. The fraction of sp³-hybridized carbons (Fsp3) is 0.417. The Morgan fingerprint density at radius 3 is 2.94 bits per heavy atom. The standard InChI is InChI=1S/C12H16N2O2.ClH/c1-16-5-4-14-12(15)9-2-3-10-7-13-8-11(10)6-9;/h2-3,6,13H,4-5,7-8H2,1H3,(H,14,15);1H. The van der Waals surface area contributed by atoms with Crippen LogP contribution in [-0.2, 0) is 17.8 Å². The Balaban J connectivity index is 0.00000144. The van der Waals surface area contributed by atoms with Gasteiger partial charge < -0.3 is 15.4 Å². The van der Waals surface area contributed by atoms with Gasteiger partial charge in [-0.15, -0.1) is 12.4 Å². The molecular formula is C12H17ClN2O2. The highest BCUT2D eigenvalue weighted by molar-refractivity contribution is 5.94. The van der Waals surface area contributed by atoms with E-state index in [-0.39, 0.29) is 18.3 Å². The lowest BCUT2D eigenvalue weighted by Gasteiger charge is -2.06. The molecule has 1 aliphatic heterocycles. The van der Waals surface area contributed by atoms with Gasteiger partial charge >= 0.3 is 0 Å². The van der Waals surface area contributed by atoms with Crippen molar-refractivity contribution in [3.8, 4) is 0 Å². The molecule has 0 radical (unpaired) electrons. The predicted octanol–water partition coefficient (Wildman–Crippen LogP) is 1.09. The summed E-state index contributed by atoms with van der Waals surface area (Å²) < 4.78 is 4.88. The molecule has 0 aromatic heterocycles. The highest BCUT2D eigenvalue weighted by atomic mass is 35.5. The summed E-state index contributed by atoms with van der Waals surface area (Å²) in [7, 11) is 1.62. The molecule has 1 heterocycles. The van der Waals surface area contributed by atoms with Crippen LogP contribution in [0.15, 0.2) is 18.2 Å². The number of rotatable bonds is 4. The first-order valence-electron chi connectivity index (χ1n) is 5.41. The molecule has 1 aliphatic rings. The molecule has 0 saturated carbocycles. The van der Waals surface area contributed by atoms with E-state index in [0.29, 0.717) is 13.2 Å². The molecule has 0 saturated heterocycles. The smallest absolute Gasteiger partial charge is 0.251 e. The number of fused-ring (bicyclic) bond motifs is 1. The first-order chi connectivity index (χ1) is 7.81. The SMILES string of the molecule is COCCNC(=O)c1ccc2c(c1)CNC2.Cl. The lowest BCUT2D eigenvalue weighted by atomic mass is 10.1. The van der Waals surface area contributed by atoms with Crippen LogP contribution in [0.2, 0.25) is 0 Å². The van der Waals surface area contributed by atoms with Gasteiger partial charge in [0.05, 0.1) is 6.61 Å². The highest BCUT2D eigenvalue weighted by Gasteiger charge is 2.12. The second-order valence-electron chi connectivity index (χ2n) is 3.84. The third-order valence-corrected chi connectivity index (χ3v) is 2.69. The van der Waals surface area contributed by atoms with Crippen molar-refractivity contribution in [3.63, 3.8) is 0 Å². The van der Waals surface area contributed by atoms with Gasteiger partial charge in [-0.25, -0.2) is 0 Å². The Morgan fingerprint density at radius 1 is 1.41 bits per heavy atom. The number of carbonyl (C=O) groups is 1. The summed E-state index contributed by atoms with van der Waals surface area (Å²) in [6, 6.07) is 5.84. The molecule has 5 heteroatoms. The molecule has 1 aromatic rings. The number of ether oxygens (including phenoxy) is 1. The van der Waals surface area contributed by atoms with E-state index in [9.17, 15) is 4.79 Å². The average molecular weight is 257 g/mol. The third kappa shape index (κ3) is 3.43. The quantitative estimate of drug-likeness (QED) is 0.793. The second-order valence-corrected chi connectivity index (χ2v) is 3.84. The van der Waals surface area contributed by atoms with E-state index >= 15 is 0 Å². The van der Waals surface area contributed by atoms with Crippen LogP contribution in [-0.4, -0.2) is 26.2 Å². The summed E-state index contributed by atoms with van der Waals surface area (Å²) in [5, 5.41) is 6.06. The van der Waals surface area contributed by atoms with Crippen LogP contribution in [0, 0.1) is 0 Å². The summed E-state index contributed by atoms with van der Waals surface area (Å²) in [5.74, 6) is -0.0354. The normalized spacial score (nSPS) is 12.8. The number of hydrogen-bond acceptors (Lipinski definition) is 3. The molecule has 0 bridgehead atoms. The molecule has 0 aliphatic carbocycles. The third-order valence-electron chi connectivity index (χ3n) is 2.69. The molecule has 1 aromatic carbocycles. The average Bonchev–Trinajstić information content (AvgIpc) is 2.76. The van der Waals surface area contributed by atoms with Crippen LogP contribution in [0.1, 0.15) is 21.5 Å². The van der Waals surface area contributed by atoms with Crippen molar-refractivity contribution < 1.29 is 9.53 Å². The first kappa shape index (κ1) is 14.0. The lowest BCUT2D eigenvalue weighted by Crippen LogP contribution is -2.27. The van der Waals surface area contributed by atoms with E-state index in [1.165, 1.54) is 11.1 Å². The molecule has 0 fully saturated rings. The Labute approximate surface area is 107 Å². The molecule has 0 atom stereocenters. The fourth-order valence-corrected chi connectivity index (χ4v) is 1.80. The summed E-state index contributed by atoms with van der Waals surface area (Å²) in [6.07, 6.45) is 0. The Hall–Kier alpha value is -1.10. The molecule has 17 heavy (non-hydrogen) atoms. The van der Waals surface area contributed by atoms with Crippen LogP contribution in [0.25, 0.3) is 0 Å². The second kappa shape index (κ2) is 6.59. The van der Waals surface area contributed by atoms with E-state index in [2.05, 4.69) is 10.6 Å². The molecule has 4 nitrogen and oxygen atoms in total. The molecular weight excluding hydrogens is 240 g/mol. The van der Waals surface area contributed by atoms with E-state index in [1.807, 2.05) is 18.2 Å². The molecule has 2 N–H and O–H groups in total. The Morgan fingerprint density at radius 2 is 2.18 bits per heavy atom. The summed E-state index contributed by atoms with van der Waals surface area (Å²) in [6.45, 7) is 2.85. The Kier molecular flexibility index (Phi) is 5.41. The zero-order valence-electron chi connectivity index (χ0n) is 9.79. The van der Waals surface area contributed by atoms with Gasteiger partial charge in [0.15, 0.2) is 0 Å². The maximum absolute atomic E-state index is 11.7. The van der Waals surface area contributed by atoms with Gasteiger partial charge in [0.25, 0.3) is 5.91 Å². The first-order valence-corrected chi connectivity index (χ1v) is 5.41. The van der Waals surface area contributed by atoms with Crippen molar-refractivity contribution in [2.24, 2.45) is 0 Å². The van der Waals surface area contributed by atoms with Crippen molar-refractivity contribution in [1.29, 1.82) is 0 Å². The van der Waals surface area contributed by atoms with Gasteiger partial charge in [-0.3, -0.25) is 4.79 Å². The van der Waals surface area contributed by atoms with Gasteiger partial charge in [0.2, 0.25) is 0 Å². The van der Waals surface area contributed by atoms with Gasteiger partial charge in [0, 0.05) is 32.3 Å². The minimum Gasteiger partial charge on any atom is -0.383 e. The number of benzene rings is 1. The van der Waals surface area contributed by atoms with Crippen molar-refractivity contribution in [1.82, 2.24) is 10.6 Å². The number of halogens is 1. The molecule has 0 spiro atoms. The number of nitrogens with one attached hydrogen (secondary N) is 2. The predicted molar refractivity (Wildman–Crippen MR) is 68.4 cm³/mol. The minimum absolute atomic E-state index is 0. The Bertz CT molecular complexity index is 396. The maximum atomic E-state index is 11.7. The van der Waals surface area contributed by atoms with Crippen LogP contribution in [0.4, 0.5) is 0 Å². The molecule has 1 amide bonds. The largest absolute Gasteiger partial charge is 0.383 e. The van der Waals surface area contributed by atoms with Gasteiger partial charge in [0.1, 0.15) is 0 Å². The van der Waals surface area contributed by atoms with Crippen LogP contribution >= 0.6 is 12.4 Å². The van der Waals surface area contributed by atoms with Crippen molar-refractivity contribution >= 4 is 18.3 Å². The molecule has 94 valence electrons. The van der Waals surface area contributed by atoms with E-state index in [1.54, 1.807) is 7.11 Å². The number of hydrogen-bond donors (Lipinski definition) is 2. The summed E-state index contributed by atoms with van der Waals surface area (Å²) >= 11 is 0. The van der Waals surface area contributed by atoms with E-state index in [4.69, 9.17) is 4.74 Å². The van der Waals surface area contributed by atoms with Crippen molar-refractivity contribution in [2.45, 2.75) is 13.1 Å². The number of methoxy groups -OCH3 is 1. The molecule has 0 unspecified atom stereocenters. The summed E-state index contributed by atoms with van der Waals surface area (Å²) in [5.41, 5.74) is 3.23. The van der Waals surface area contributed by atoms with Crippen LogP contribution in [0.3, 0.4) is 0 Å². The summed E-state index contributed by atoms with van der Waals surface area (Å²) in [4.78, 5) is 11.7.